The molecule has 0 fully saturated rings. The van der Waals surface area contributed by atoms with Crippen LogP contribution in [0.2, 0.25) is 0 Å². The van der Waals surface area contributed by atoms with Crippen molar-refractivity contribution in [3.63, 3.8) is 0 Å². The van der Waals surface area contributed by atoms with E-state index < -0.39 is 0 Å². The van der Waals surface area contributed by atoms with Gasteiger partial charge in [0.25, 0.3) is 0 Å². The zero-order valence-corrected chi connectivity index (χ0v) is 9.05. The van der Waals surface area contributed by atoms with Gasteiger partial charge >= 0.3 is 0 Å². The summed E-state index contributed by atoms with van der Waals surface area (Å²) in [5, 5.41) is 1.03. The second kappa shape index (κ2) is 3.87. The van der Waals surface area contributed by atoms with Gasteiger partial charge in [0, 0.05) is 24.0 Å². The Kier molecular flexibility index (Phi) is 2.22. The van der Waals surface area contributed by atoms with Gasteiger partial charge in [0.15, 0.2) is 0 Å². The number of nitrogens with zero attached hydrogens (tertiary/aromatic N) is 1. The first kappa shape index (κ1) is 9.78. The van der Waals surface area contributed by atoms with Crippen LogP contribution < -0.4 is 5.56 Å². The van der Waals surface area contributed by atoms with Crippen molar-refractivity contribution in [2.45, 2.75) is 0 Å². The highest BCUT2D eigenvalue weighted by atomic mass is 16.1. The summed E-state index contributed by atoms with van der Waals surface area (Å²) in [6.07, 6.45) is 3.51. The lowest BCUT2D eigenvalue weighted by Gasteiger charge is -2.03. The van der Waals surface area contributed by atoms with Crippen LogP contribution in [0.5, 0.6) is 0 Å². The zero-order valence-electron chi connectivity index (χ0n) is 9.05. The smallest absolute Gasteiger partial charge is 0.248 e. The molecule has 0 amide bonds. The number of benzene rings is 1. The van der Waals surface area contributed by atoms with Crippen molar-refractivity contribution >= 4 is 10.9 Å². The summed E-state index contributed by atoms with van der Waals surface area (Å²) in [6, 6.07) is 13.3. The molecule has 3 rings (SSSR count). The van der Waals surface area contributed by atoms with E-state index in [4.69, 9.17) is 0 Å². The number of hydrogen-bond donors (Lipinski definition) is 1. The monoisotopic (exact) mass is 222 g/mol. The molecule has 3 aromatic rings. The number of nitrogens with one attached hydrogen (secondary N) is 1. The fraction of sp³-hybridized carbons (Fsp3) is 0. The number of aromatic amines is 1. The Bertz CT molecular complexity index is 717. The molecule has 0 radical (unpaired) electrons. The van der Waals surface area contributed by atoms with Crippen molar-refractivity contribution in [1.82, 2.24) is 9.97 Å². The highest BCUT2D eigenvalue weighted by Crippen LogP contribution is 2.21. The van der Waals surface area contributed by atoms with Crippen molar-refractivity contribution in [2.75, 3.05) is 0 Å². The van der Waals surface area contributed by atoms with E-state index in [0.717, 1.165) is 22.0 Å². The molecule has 1 aromatic carbocycles. The molecule has 0 saturated carbocycles. The third kappa shape index (κ3) is 1.83. The van der Waals surface area contributed by atoms with Crippen LogP contribution in [0, 0.1) is 0 Å². The quantitative estimate of drug-likeness (QED) is 0.687. The van der Waals surface area contributed by atoms with Crippen LogP contribution in [-0.4, -0.2) is 9.97 Å². The van der Waals surface area contributed by atoms with Crippen LogP contribution in [0.3, 0.4) is 0 Å². The molecule has 17 heavy (non-hydrogen) atoms. The predicted octanol–water partition coefficient (Wildman–Crippen LogP) is 2.59. The third-order valence-corrected chi connectivity index (χ3v) is 2.74. The number of fused-ring (bicyclic) bond motifs is 1. The molecule has 0 aliphatic carbocycles. The molecule has 0 saturated heterocycles. The van der Waals surface area contributed by atoms with Crippen molar-refractivity contribution < 1.29 is 0 Å². The molecule has 1 N–H and O–H groups in total. The lowest BCUT2D eigenvalue weighted by Crippen LogP contribution is -2.02. The van der Waals surface area contributed by atoms with Crippen LogP contribution in [0.15, 0.2) is 59.7 Å². The van der Waals surface area contributed by atoms with Gasteiger partial charge in [0.2, 0.25) is 5.56 Å². The Morgan fingerprint density at radius 2 is 1.65 bits per heavy atom. The number of hydrogen-bond acceptors (Lipinski definition) is 2. The molecular weight excluding hydrogens is 212 g/mol. The maximum Gasteiger partial charge on any atom is 0.248 e. The minimum atomic E-state index is -0.0793. The van der Waals surface area contributed by atoms with Crippen LogP contribution in [0.1, 0.15) is 0 Å². The fourth-order valence-electron chi connectivity index (χ4n) is 1.87. The lowest BCUT2D eigenvalue weighted by molar-refractivity contribution is 1.30. The second-order valence-electron chi connectivity index (χ2n) is 3.86. The molecule has 3 nitrogen and oxygen atoms in total. The molecule has 82 valence electrons. The van der Waals surface area contributed by atoms with E-state index in [2.05, 4.69) is 9.97 Å². The van der Waals surface area contributed by atoms with Gasteiger partial charge in [-0.2, -0.15) is 0 Å². The third-order valence-electron chi connectivity index (χ3n) is 2.74. The lowest BCUT2D eigenvalue weighted by atomic mass is 10.1. The normalized spacial score (nSPS) is 10.6. The summed E-state index contributed by atoms with van der Waals surface area (Å²) < 4.78 is 0. The van der Waals surface area contributed by atoms with Gasteiger partial charge in [-0.1, -0.05) is 12.1 Å². The van der Waals surface area contributed by atoms with Gasteiger partial charge in [0.05, 0.1) is 0 Å². The van der Waals surface area contributed by atoms with Crippen molar-refractivity contribution in [3.8, 4) is 11.1 Å². The summed E-state index contributed by atoms with van der Waals surface area (Å²) in [4.78, 5) is 18.1. The Morgan fingerprint density at radius 3 is 2.47 bits per heavy atom. The summed E-state index contributed by atoms with van der Waals surface area (Å²) in [5.41, 5.74) is 2.93. The maximum absolute atomic E-state index is 11.3. The number of aromatic nitrogens is 2. The Balaban J connectivity index is 2.23. The minimum absolute atomic E-state index is 0.0793. The van der Waals surface area contributed by atoms with E-state index >= 15 is 0 Å². The molecule has 3 heteroatoms. The molecule has 0 aliphatic heterocycles. The zero-order chi connectivity index (χ0) is 11.7. The van der Waals surface area contributed by atoms with Gasteiger partial charge in [-0.3, -0.25) is 9.78 Å². The molecule has 0 unspecified atom stereocenters. The van der Waals surface area contributed by atoms with Gasteiger partial charge in [0.1, 0.15) is 0 Å². The first-order valence-electron chi connectivity index (χ1n) is 5.36. The van der Waals surface area contributed by atoms with E-state index in [9.17, 15) is 4.79 Å². The second-order valence-corrected chi connectivity index (χ2v) is 3.86. The van der Waals surface area contributed by atoms with Crippen LogP contribution >= 0.6 is 0 Å². The first-order valence-corrected chi connectivity index (χ1v) is 5.36. The summed E-state index contributed by atoms with van der Waals surface area (Å²) >= 11 is 0. The average Bonchev–Trinajstić information content (AvgIpc) is 2.39. The Morgan fingerprint density at radius 1 is 0.882 bits per heavy atom. The SMILES string of the molecule is O=c1ccc2ccc(-c3ccncc3)cc2[nH]1. The van der Waals surface area contributed by atoms with Crippen LogP contribution in [0.25, 0.3) is 22.0 Å². The molecule has 0 aliphatic rings. The van der Waals surface area contributed by atoms with Gasteiger partial charge in [-0.15, -0.1) is 0 Å². The maximum atomic E-state index is 11.3. The number of pyridine rings is 2. The highest BCUT2D eigenvalue weighted by Gasteiger charge is 1.99. The minimum Gasteiger partial charge on any atom is -0.322 e. The summed E-state index contributed by atoms with van der Waals surface area (Å²) in [7, 11) is 0. The molecule has 0 atom stereocenters. The van der Waals surface area contributed by atoms with E-state index in [1.165, 1.54) is 6.07 Å². The largest absolute Gasteiger partial charge is 0.322 e. The number of rotatable bonds is 1. The van der Waals surface area contributed by atoms with Crippen LogP contribution in [0.4, 0.5) is 0 Å². The van der Waals surface area contributed by atoms with E-state index in [0.29, 0.717) is 0 Å². The molecule has 0 bridgehead atoms. The molecule has 2 aromatic heterocycles. The van der Waals surface area contributed by atoms with Crippen LogP contribution in [-0.2, 0) is 0 Å². The standard InChI is InChI=1S/C14H10N2O/c17-14-4-3-11-1-2-12(9-13(11)16-14)10-5-7-15-8-6-10/h1-9H,(H,16,17). The first-order chi connectivity index (χ1) is 8.33. The average molecular weight is 222 g/mol. The highest BCUT2D eigenvalue weighted by molar-refractivity contribution is 5.83. The summed E-state index contributed by atoms with van der Waals surface area (Å²) in [6.45, 7) is 0. The van der Waals surface area contributed by atoms with E-state index in [-0.39, 0.29) is 5.56 Å². The van der Waals surface area contributed by atoms with Gasteiger partial charge in [-0.25, -0.2) is 0 Å². The fourth-order valence-corrected chi connectivity index (χ4v) is 1.87. The molecule has 0 spiro atoms. The Labute approximate surface area is 97.8 Å². The molecular formula is C14H10N2O. The summed E-state index contributed by atoms with van der Waals surface area (Å²) in [5.74, 6) is 0. The van der Waals surface area contributed by atoms with Crippen molar-refractivity contribution in [3.05, 3.63) is 65.2 Å². The van der Waals surface area contributed by atoms with Crippen molar-refractivity contribution in [2.24, 2.45) is 0 Å². The topological polar surface area (TPSA) is 45.8 Å². The molecule has 2 heterocycles. The van der Waals surface area contributed by atoms with E-state index in [1.54, 1.807) is 12.4 Å². The number of H-pyrrole nitrogens is 1. The van der Waals surface area contributed by atoms with Gasteiger partial charge < -0.3 is 4.98 Å². The predicted molar refractivity (Wildman–Crippen MR) is 67.8 cm³/mol. The van der Waals surface area contributed by atoms with Crippen molar-refractivity contribution in [1.29, 1.82) is 0 Å². The Hall–Kier alpha value is -2.42. The van der Waals surface area contributed by atoms with E-state index in [1.807, 2.05) is 36.4 Å². The van der Waals surface area contributed by atoms with Gasteiger partial charge in [-0.05, 0) is 40.8 Å².